The Hall–Kier alpha value is -2.62. The molecule has 1 fully saturated rings. The molecule has 1 aliphatic heterocycles. The maximum Gasteiger partial charge on any atom is 0.426 e. The molecule has 0 amide bonds. The minimum absolute atomic E-state index is 0.0923. The lowest BCUT2D eigenvalue weighted by Crippen LogP contribution is -2.46. The number of halogens is 5. The van der Waals surface area contributed by atoms with Crippen molar-refractivity contribution in [3.8, 4) is 6.19 Å². The van der Waals surface area contributed by atoms with Gasteiger partial charge < -0.3 is 4.90 Å². The number of fused-ring (bicyclic) bond motifs is 3. The second-order valence-electron chi connectivity index (χ2n) is 8.43. The van der Waals surface area contributed by atoms with Gasteiger partial charge >= 0.3 is 6.18 Å². The van der Waals surface area contributed by atoms with Crippen LogP contribution in [0.5, 0.6) is 0 Å². The molecule has 1 aliphatic carbocycles. The highest BCUT2D eigenvalue weighted by Crippen LogP contribution is 2.50. The summed E-state index contributed by atoms with van der Waals surface area (Å²) in [6.45, 7) is 1.09. The smallest absolute Gasteiger partial charge is 0.307 e. The SMILES string of the molecule is CC(F)(c1ccc2c(c1)CC[C@H]1N(C#N)CC[C@@]21Cc1ccc(F)cc1)C(F)(F)F. The van der Waals surface area contributed by atoms with E-state index in [-0.39, 0.29) is 11.9 Å². The van der Waals surface area contributed by atoms with E-state index in [2.05, 4.69) is 6.19 Å². The molecule has 2 aliphatic rings. The Labute approximate surface area is 171 Å². The Balaban J connectivity index is 1.80. The van der Waals surface area contributed by atoms with E-state index in [1.165, 1.54) is 24.3 Å². The van der Waals surface area contributed by atoms with Crippen molar-refractivity contribution in [2.24, 2.45) is 0 Å². The number of benzene rings is 2. The normalized spacial score (nSPS) is 25.2. The molecule has 1 saturated heterocycles. The molecule has 2 aromatic carbocycles. The predicted molar refractivity (Wildman–Crippen MR) is 102 cm³/mol. The van der Waals surface area contributed by atoms with Crippen LogP contribution in [0.2, 0.25) is 0 Å². The number of hydrogen-bond donors (Lipinski definition) is 0. The van der Waals surface area contributed by atoms with Gasteiger partial charge in [0.2, 0.25) is 5.67 Å². The molecule has 2 aromatic rings. The third kappa shape index (κ3) is 3.13. The number of nitriles is 1. The third-order valence-electron chi connectivity index (χ3n) is 6.78. The monoisotopic (exact) mass is 420 g/mol. The Kier molecular flexibility index (Phi) is 4.80. The zero-order valence-electron chi connectivity index (χ0n) is 16.4. The molecule has 0 radical (unpaired) electrons. The van der Waals surface area contributed by atoms with E-state index in [9.17, 15) is 27.2 Å². The van der Waals surface area contributed by atoms with Crippen LogP contribution in [0, 0.1) is 17.3 Å². The van der Waals surface area contributed by atoms with Crippen molar-refractivity contribution in [3.63, 3.8) is 0 Å². The molecular formula is C23H21F5N2. The Morgan fingerprint density at radius 3 is 2.47 bits per heavy atom. The second-order valence-corrected chi connectivity index (χ2v) is 8.43. The minimum atomic E-state index is -5.00. The van der Waals surface area contributed by atoms with E-state index in [0.29, 0.717) is 44.7 Å². The fraction of sp³-hybridized carbons (Fsp3) is 0.435. The fourth-order valence-corrected chi connectivity index (χ4v) is 5.11. The van der Waals surface area contributed by atoms with Crippen LogP contribution in [0.15, 0.2) is 42.5 Å². The summed E-state index contributed by atoms with van der Waals surface area (Å²) >= 11 is 0. The van der Waals surface area contributed by atoms with Crippen molar-refractivity contribution in [2.75, 3.05) is 6.54 Å². The van der Waals surface area contributed by atoms with Gasteiger partial charge in [0.15, 0.2) is 6.19 Å². The first kappa shape index (κ1) is 20.6. The molecule has 4 rings (SSSR count). The molecule has 0 saturated carbocycles. The lowest BCUT2D eigenvalue weighted by atomic mass is 9.63. The molecule has 158 valence electrons. The molecule has 0 aromatic heterocycles. The molecule has 0 bridgehead atoms. The second kappa shape index (κ2) is 6.97. The number of likely N-dealkylation sites (tertiary alicyclic amines) is 1. The van der Waals surface area contributed by atoms with Gasteiger partial charge in [0, 0.05) is 18.0 Å². The van der Waals surface area contributed by atoms with Crippen molar-refractivity contribution >= 4 is 0 Å². The van der Waals surface area contributed by atoms with Crippen LogP contribution in [0.25, 0.3) is 0 Å². The maximum absolute atomic E-state index is 14.6. The summed E-state index contributed by atoms with van der Waals surface area (Å²) < 4.78 is 67.5. The molecule has 1 unspecified atom stereocenters. The minimum Gasteiger partial charge on any atom is -0.307 e. The van der Waals surface area contributed by atoms with Crippen molar-refractivity contribution < 1.29 is 22.0 Å². The largest absolute Gasteiger partial charge is 0.426 e. The lowest BCUT2D eigenvalue weighted by Gasteiger charge is -2.43. The van der Waals surface area contributed by atoms with Crippen molar-refractivity contribution in [2.45, 2.75) is 55.9 Å². The third-order valence-corrected chi connectivity index (χ3v) is 6.78. The average Bonchev–Trinajstić information content (AvgIpc) is 3.07. The van der Waals surface area contributed by atoms with Gasteiger partial charge in [-0.2, -0.15) is 18.4 Å². The van der Waals surface area contributed by atoms with Crippen molar-refractivity contribution in [1.82, 2.24) is 4.90 Å². The van der Waals surface area contributed by atoms with Crippen LogP contribution in [0.3, 0.4) is 0 Å². The van der Waals surface area contributed by atoms with Gasteiger partial charge in [-0.15, -0.1) is 0 Å². The van der Waals surface area contributed by atoms with E-state index in [0.717, 1.165) is 11.1 Å². The highest BCUT2D eigenvalue weighted by molar-refractivity contribution is 5.46. The Morgan fingerprint density at radius 2 is 1.83 bits per heavy atom. The molecule has 30 heavy (non-hydrogen) atoms. The highest BCUT2D eigenvalue weighted by Gasteiger charge is 2.55. The first-order chi connectivity index (χ1) is 14.1. The van der Waals surface area contributed by atoms with E-state index < -0.39 is 22.8 Å². The van der Waals surface area contributed by atoms with Crippen LogP contribution >= 0.6 is 0 Å². The summed E-state index contributed by atoms with van der Waals surface area (Å²) in [6.07, 6.45) is -0.506. The summed E-state index contributed by atoms with van der Waals surface area (Å²) in [4.78, 5) is 1.73. The summed E-state index contributed by atoms with van der Waals surface area (Å²) in [6, 6.07) is 10.2. The van der Waals surface area contributed by atoms with Gasteiger partial charge in [0.25, 0.3) is 0 Å². The first-order valence-corrected chi connectivity index (χ1v) is 9.89. The number of alkyl halides is 4. The topological polar surface area (TPSA) is 27.0 Å². The van der Waals surface area contributed by atoms with Gasteiger partial charge in [0.1, 0.15) is 5.82 Å². The number of rotatable bonds is 3. The maximum atomic E-state index is 14.6. The fourth-order valence-electron chi connectivity index (χ4n) is 5.11. The van der Waals surface area contributed by atoms with Crippen molar-refractivity contribution in [3.05, 3.63) is 70.5 Å². The standard InChI is InChI=1S/C23H21F5N2/c1-21(25,23(26,27)28)17-5-8-19-16(12-17)4-9-20-22(19,10-11-30(20)14-29)13-15-2-6-18(24)7-3-15/h2-3,5-8,12,20H,4,9-11,13H2,1H3/t20-,21?,22-/m1/s1. The first-order valence-electron chi connectivity index (χ1n) is 9.89. The van der Waals surface area contributed by atoms with Gasteiger partial charge in [-0.05, 0) is 67.0 Å². The van der Waals surface area contributed by atoms with E-state index >= 15 is 0 Å². The molecular weight excluding hydrogens is 399 g/mol. The molecule has 7 heteroatoms. The summed E-state index contributed by atoms with van der Waals surface area (Å²) in [5, 5.41) is 9.56. The average molecular weight is 420 g/mol. The number of hydrogen-bond acceptors (Lipinski definition) is 2. The van der Waals surface area contributed by atoms with E-state index in [4.69, 9.17) is 0 Å². The Morgan fingerprint density at radius 1 is 1.13 bits per heavy atom. The summed E-state index contributed by atoms with van der Waals surface area (Å²) in [7, 11) is 0. The molecule has 0 spiro atoms. The summed E-state index contributed by atoms with van der Waals surface area (Å²) in [5.41, 5.74) is -1.87. The van der Waals surface area contributed by atoms with Crippen LogP contribution in [0.1, 0.15) is 42.0 Å². The molecule has 0 N–H and O–H groups in total. The molecule has 1 heterocycles. The van der Waals surface area contributed by atoms with Crippen molar-refractivity contribution in [1.29, 1.82) is 5.26 Å². The quantitative estimate of drug-likeness (QED) is 0.481. The predicted octanol–water partition coefficient (Wildman–Crippen LogP) is 5.55. The summed E-state index contributed by atoms with van der Waals surface area (Å²) in [5.74, 6) is -0.346. The van der Waals surface area contributed by atoms with E-state index in [1.54, 1.807) is 23.1 Å². The lowest BCUT2D eigenvalue weighted by molar-refractivity contribution is -0.228. The highest BCUT2D eigenvalue weighted by atomic mass is 19.4. The number of nitrogens with zero attached hydrogens (tertiary/aromatic N) is 2. The van der Waals surface area contributed by atoms with Gasteiger partial charge in [-0.25, -0.2) is 8.78 Å². The van der Waals surface area contributed by atoms with E-state index in [1.807, 2.05) is 0 Å². The van der Waals surface area contributed by atoms with Gasteiger partial charge in [-0.3, -0.25) is 0 Å². The zero-order chi connectivity index (χ0) is 21.7. The number of aryl methyl sites for hydroxylation is 1. The zero-order valence-corrected chi connectivity index (χ0v) is 16.4. The van der Waals surface area contributed by atoms with Crippen LogP contribution in [-0.4, -0.2) is 23.7 Å². The van der Waals surface area contributed by atoms with Crippen LogP contribution in [-0.2, 0) is 23.9 Å². The Bertz CT molecular complexity index is 990. The molecule has 2 nitrogen and oxygen atoms in total. The van der Waals surface area contributed by atoms with Crippen LogP contribution in [0.4, 0.5) is 22.0 Å². The van der Waals surface area contributed by atoms with Gasteiger partial charge in [-0.1, -0.05) is 30.3 Å². The van der Waals surface area contributed by atoms with Gasteiger partial charge in [0.05, 0.1) is 0 Å². The van der Waals surface area contributed by atoms with Crippen LogP contribution < -0.4 is 0 Å². The molecule has 3 atom stereocenters.